The number of hydrogen-bond acceptors (Lipinski definition) is 2. The minimum atomic E-state index is -4.32. The van der Waals surface area contributed by atoms with Crippen molar-refractivity contribution in [3.8, 4) is 0 Å². The number of benzene rings is 1. The van der Waals surface area contributed by atoms with Crippen LogP contribution in [0.3, 0.4) is 0 Å². The van der Waals surface area contributed by atoms with Crippen LogP contribution in [0.4, 0.5) is 18.0 Å². The van der Waals surface area contributed by atoms with Crippen molar-refractivity contribution >= 4 is 12.2 Å². The quantitative estimate of drug-likeness (QED) is 0.640. The minimum absolute atomic E-state index is 0.195. The average molecular weight is 383 g/mol. The van der Waals surface area contributed by atoms with Crippen molar-refractivity contribution in [2.75, 3.05) is 13.1 Å². The topological polar surface area (TPSA) is 29.5 Å². The lowest BCUT2D eigenvalue weighted by Crippen LogP contribution is -2.36. The molecule has 0 aromatic heterocycles. The molecule has 1 unspecified atom stereocenters. The van der Waals surface area contributed by atoms with Gasteiger partial charge in [-0.15, -0.1) is 0 Å². The van der Waals surface area contributed by atoms with Crippen molar-refractivity contribution in [1.29, 1.82) is 0 Å². The summed E-state index contributed by atoms with van der Waals surface area (Å²) in [4.78, 5) is 13.9. The van der Waals surface area contributed by atoms with Crippen molar-refractivity contribution in [3.05, 3.63) is 41.5 Å². The van der Waals surface area contributed by atoms with Crippen molar-refractivity contribution < 1.29 is 22.7 Å². The Morgan fingerprint density at radius 1 is 1.11 bits per heavy atom. The van der Waals surface area contributed by atoms with Crippen molar-refractivity contribution in [2.24, 2.45) is 11.3 Å². The van der Waals surface area contributed by atoms with Gasteiger partial charge in [-0.1, -0.05) is 38.1 Å². The summed E-state index contributed by atoms with van der Waals surface area (Å²) in [5, 5.41) is 0. The molecule has 27 heavy (non-hydrogen) atoms. The van der Waals surface area contributed by atoms with Gasteiger partial charge >= 0.3 is 12.3 Å². The monoisotopic (exact) mass is 383 g/mol. The van der Waals surface area contributed by atoms with Gasteiger partial charge in [0.25, 0.3) is 0 Å². The molecule has 1 fully saturated rings. The highest BCUT2D eigenvalue weighted by atomic mass is 19.4. The van der Waals surface area contributed by atoms with Gasteiger partial charge in [-0.3, -0.25) is 0 Å². The lowest BCUT2D eigenvalue weighted by atomic mass is 9.78. The molecule has 1 aromatic carbocycles. The summed E-state index contributed by atoms with van der Waals surface area (Å²) < 4.78 is 43.4. The molecule has 0 bridgehead atoms. The summed E-state index contributed by atoms with van der Waals surface area (Å²) in [7, 11) is 0. The van der Waals surface area contributed by atoms with E-state index in [-0.39, 0.29) is 17.4 Å². The van der Waals surface area contributed by atoms with Crippen molar-refractivity contribution in [2.45, 2.75) is 52.8 Å². The molecule has 0 N–H and O–H groups in total. The predicted molar refractivity (Wildman–Crippen MR) is 100 cm³/mol. The number of carbonyl (C=O) groups excluding carboxylic acids is 1. The van der Waals surface area contributed by atoms with E-state index in [0.717, 1.165) is 24.1 Å². The van der Waals surface area contributed by atoms with Crippen LogP contribution in [0.2, 0.25) is 0 Å². The number of carbonyl (C=O) groups is 1. The molecule has 1 atom stereocenters. The number of ether oxygens (including phenoxy) is 1. The molecule has 1 aliphatic rings. The van der Waals surface area contributed by atoms with Crippen LogP contribution in [0.5, 0.6) is 0 Å². The van der Waals surface area contributed by atoms with Crippen LogP contribution in [0.25, 0.3) is 6.08 Å². The van der Waals surface area contributed by atoms with E-state index in [0.29, 0.717) is 13.1 Å². The zero-order chi connectivity index (χ0) is 20.5. The van der Waals surface area contributed by atoms with E-state index in [1.54, 1.807) is 4.90 Å². The molecule has 1 saturated heterocycles. The lowest BCUT2D eigenvalue weighted by molar-refractivity contribution is -0.137. The molecule has 1 amide bonds. The molecule has 3 nitrogen and oxygen atoms in total. The molecule has 2 rings (SSSR count). The second kappa shape index (κ2) is 7.56. The number of nitrogens with zero attached hydrogens (tertiary/aromatic N) is 1. The van der Waals surface area contributed by atoms with Gasteiger partial charge in [0.05, 0.1) is 5.56 Å². The highest BCUT2D eigenvalue weighted by Gasteiger charge is 2.36. The first-order valence-electron chi connectivity index (χ1n) is 9.12. The first-order valence-corrected chi connectivity index (χ1v) is 9.12. The molecule has 6 heteroatoms. The largest absolute Gasteiger partial charge is 0.444 e. The van der Waals surface area contributed by atoms with Crippen LogP contribution >= 0.6 is 0 Å². The summed E-state index contributed by atoms with van der Waals surface area (Å²) in [5.41, 5.74) is -0.645. The van der Waals surface area contributed by atoms with Gasteiger partial charge < -0.3 is 9.64 Å². The number of halogens is 3. The molecule has 1 aromatic rings. The standard InChI is InChI=1S/C21H28F3NO2/c1-19(2,3)27-18(26)25-13-11-17(14-25)20(4,5)12-10-15-6-8-16(9-7-15)21(22,23)24/h6-10,12,17H,11,13-14H2,1-5H3. The average Bonchev–Trinajstić information content (AvgIpc) is 3.02. The Morgan fingerprint density at radius 2 is 1.70 bits per heavy atom. The van der Waals surface area contributed by atoms with Gasteiger partial charge in [-0.25, -0.2) is 4.79 Å². The number of allylic oxidation sites excluding steroid dienone is 1. The molecule has 0 saturated carbocycles. The van der Waals surface area contributed by atoms with E-state index in [4.69, 9.17) is 4.74 Å². The summed E-state index contributed by atoms with van der Waals surface area (Å²) in [5.74, 6) is 0.260. The van der Waals surface area contributed by atoms with Crippen molar-refractivity contribution in [1.82, 2.24) is 4.90 Å². The second-order valence-corrected chi connectivity index (χ2v) is 8.69. The highest BCUT2D eigenvalue weighted by Crippen LogP contribution is 2.37. The summed E-state index contributed by atoms with van der Waals surface area (Å²) in [6.07, 6.45) is 0.0994. The van der Waals surface area contributed by atoms with E-state index in [2.05, 4.69) is 13.8 Å². The molecular weight excluding hydrogens is 355 g/mol. The van der Waals surface area contributed by atoms with E-state index in [1.807, 2.05) is 32.9 Å². The van der Waals surface area contributed by atoms with Crippen LogP contribution in [0, 0.1) is 11.3 Å². The Balaban J connectivity index is 2.00. The van der Waals surface area contributed by atoms with Crippen LogP contribution in [-0.2, 0) is 10.9 Å². The first-order chi connectivity index (χ1) is 12.3. The van der Waals surface area contributed by atoms with E-state index in [1.165, 1.54) is 12.1 Å². The molecule has 1 aliphatic heterocycles. The Bertz CT molecular complexity index is 685. The summed E-state index contributed by atoms with van der Waals surface area (Å²) >= 11 is 0. The number of likely N-dealkylation sites (tertiary alicyclic amines) is 1. The maximum absolute atomic E-state index is 12.6. The van der Waals surface area contributed by atoms with Crippen molar-refractivity contribution in [3.63, 3.8) is 0 Å². The number of rotatable bonds is 3. The van der Waals surface area contributed by atoms with Gasteiger partial charge in [0, 0.05) is 13.1 Å². The van der Waals surface area contributed by atoms with Gasteiger partial charge in [-0.2, -0.15) is 13.2 Å². The van der Waals surface area contributed by atoms with Crippen LogP contribution in [0.15, 0.2) is 30.3 Å². The predicted octanol–water partition coefficient (Wildman–Crippen LogP) is 6.00. The second-order valence-electron chi connectivity index (χ2n) is 8.69. The smallest absolute Gasteiger partial charge is 0.416 e. The van der Waals surface area contributed by atoms with Crippen LogP contribution in [0.1, 0.15) is 52.2 Å². The summed E-state index contributed by atoms with van der Waals surface area (Å²) in [6.45, 7) is 10.9. The van der Waals surface area contributed by atoms with E-state index in [9.17, 15) is 18.0 Å². The highest BCUT2D eigenvalue weighted by molar-refractivity contribution is 5.68. The fourth-order valence-corrected chi connectivity index (χ4v) is 3.09. The zero-order valence-corrected chi connectivity index (χ0v) is 16.6. The maximum atomic E-state index is 12.6. The van der Waals surface area contributed by atoms with E-state index >= 15 is 0 Å². The van der Waals surface area contributed by atoms with Gasteiger partial charge in [0.2, 0.25) is 0 Å². The Morgan fingerprint density at radius 3 is 2.22 bits per heavy atom. The zero-order valence-electron chi connectivity index (χ0n) is 16.6. The Kier molecular flexibility index (Phi) is 5.97. The van der Waals surface area contributed by atoms with Crippen LogP contribution < -0.4 is 0 Å². The Hall–Kier alpha value is -1.98. The SMILES string of the molecule is CC(C)(C)OC(=O)N1CCC(C(C)(C)C=Cc2ccc(C(F)(F)F)cc2)C1. The minimum Gasteiger partial charge on any atom is -0.444 e. The normalized spacial score (nSPS) is 19.0. The molecule has 0 aliphatic carbocycles. The Labute approximate surface area is 159 Å². The number of amides is 1. The lowest BCUT2D eigenvalue weighted by Gasteiger charge is -2.29. The van der Waals surface area contributed by atoms with Gasteiger partial charge in [0.1, 0.15) is 5.60 Å². The van der Waals surface area contributed by atoms with Gasteiger partial charge in [-0.05, 0) is 56.2 Å². The molecule has 150 valence electrons. The third-order valence-electron chi connectivity index (χ3n) is 4.84. The number of alkyl halides is 3. The molecular formula is C21H28F3NO2. The molecule has 1 heterocycles. The number of hydrogen-bond donors (Lipinski definition) is 0. The van der Waals surface area contributed by atoms with Crippen LogP contribution in [-0.4, -0.2) is 29.7 Å². The maximum Gasteiger partial charge on any atom is 0.416 e. The fourth-order valence-electron chi connectivity index (χ4n) is 3.09. The van der Waals surface area contributed by atoms with Gasteiger partial charge in [0.15, 0.2) is 0 Å². The van der Waals surface area contributed by atoms with E-state index < -0.39 is 17.3 Å². The third kappa shape index (κ3) is 6.01. The summed E-state index contributed by atoms with van der Waals surface area (Å²) in [6, 6.07) is 5.12. The fraction of sp³-hybridized carbons (Fsp3) is 0.571. The molecule has 0 radical (unpaired) electrons. The third-order valence-corrected chi connectivity index (χ3v) is 4.84. The molecule has 0 spiro atoms. The first kappa shape index (κ1) is 21.3.